The lowest BCUT2D eigenvalue weighted by Gasteiger charge is -2.15. The van der Waals surface area contributed by atoms with E-state index in [9.17, 15) is 13.2 Å². The van der Waals surface area contributed by atoms with Gasteiger partial charge < -0.3 is 9.84 Å². The van der Waals surface area contributed by atoms with Crippen molar-refractivity contribution in [2.24, 2.45) is 0 Å². The highest BCUT2D eigenvalue weighted by Gasteiger charge is 2.28. The fraction of sp³-hybridized carbons (Fsp3) is 0.875. The van der Waals surface area contributed by atoms with Gasteiger partial charge in [-0.2, -0.15) is 0 Å². The number of aliphatic carboxylic acids is 1. The topological polar surface area (TPSA) is 92.7 Å². The molecule has 0 saturated carbocycles. The van der Waals surface area contributed by atoms with Crippen LogP contribution in [0, 0.1) is 0 Å². The fourth-order valence-electron chi connectivity index (χ4n) is 0.844. The van der Waals surface area contributed by atoms with Crippen molar-refractivity contribution in [3.63, 3.8) is 0 Å². The molecule has 0 radical (unpaired) electrons. The lowest BCUT2D eigenvalue weighted by Crippen LogP contribution is -2.43. The number of rotatable bonds is 7. The molecule has 15 heavy (non-hydrogen) atoms. The van der Waals surface area contributed by atoms with E-state index in [0.29, 0.717) is 6.61 Å². The van der Waals surface area contributed by atoms with E-state index in [1.54, 1.807) is 13.8 Å². The van der Waals surface area contributed by atoms with Gasteiger partial charge in [-0.15, -0.1) is 0 Å². The van der Waals surface area contributed by atoms with Gasteiger partial charge >= 0.3 is 5.97 Å². The second-order valence-electron chi connectivity index (χ2n) is 3.20. The van der Waals surface area contributed by atoms with E-state index >= 15 is 0 Å². The molecule has 0 saturated heterocycles. The fourth-order valence-corrected chi connectivity index (χ4v) is 1.94. The smallest absolute Gasteiger partial charge is 0.323 e. The first kappa shape index (κ1) is 14.3. The van der Waals surface area contributed by atoms with Crippen LogP contribution in [0.15, 0.2) is 0 Å². The van der Waals surface area contributed by atoms with Crippen molar-refractivity contribution >= 4 is 16.0 Å². The lowest BCUT2D eigenvalue weighted by atomic mass is 10.4. The summed E-state index contributed by atoms with van der Waals surface area (Å²) < 4.78 is 30.0. The first-order chi connectivity index (χ1) is 6.81. The van der Waals surface area contributed by atoms with Gasteiger partial charge in [0.2, 0.25) is 10.0 Å². The Balaban J connectivity index is 4.32. The van der Waals surface area contributed by atoms with Crippen LogP contribution in [0.3, 0.4) is 0 Å². The molecule has 0 aliphatic rings. The molecule has 0 aliphatic carbocycles. The number of nitrogens with one attached hydrogen (secondary N) is 1. The first-order valence-corrected chi connectivity index (χ1v) is 6.17. The van der Waals surface area contributed by atoms with Crippen LogP contribution in [-0.2, 0) is 19.6 Å². The third kappa shape index (κ3) is 5.10. The van der Waals surface area contributed by atoms with Crippen molar-refractivity contribution in [3.05, 3.63) is 0 Å². The SMILES string of the molecule is CCOCC(C)NS(=O)(=O)C(C)C(=O)O. The van der Waals surface area contributed by atoms with Crippen LogP contribution in [0.2, 0.25) is 0 Å². The average Bonchev–Trinajstić information content (AvgIpc) is 2.12. The van der Waals surface area contributed by atoms with Crippen molar-refractivity contribution in [2.75, 3.05) is 13.2 Å². The predicted molar refractivity (Wildman–Crippen MR) is 55.1 cm³/mol. The number of ether oxygens (including phenoxy) is 1. The molecule has 0 aliphatic heterocycles. The van der Waals surface area contributed by atoms with E-state index < -0.39 is 27.3 Å². The van der Waals surface area contributed by atoms with Crippen LogP contribution in [0.4, 0.5) is 0 Å². The summed E-state index contributed by atoms with van der Waals surface area (Å²) in [6, 6.07) is -0.434. The van der Waals surface area contributed by atoms with Crippen LogP contribution in [0.1, 0.15) is 20.8 Å². The second kappa shape index (κ2) is 6.04. The zero-order valence-corrected chi connectivity index (χ0v) is 9.87. The van der Waals surface area contributed by atoms with E-state index in [4.69, 9.17) is 9.84 Å². The highest BCUT2D eigenvalue weighted by Crippen LogP contribution is 2.00. The standard InChI is InChI=1S/C8H17NO5S/c1-4-14-5-6(2)9-15(12,13)7(3)8(10)11/h6-7,9H,4-5H2,1-3H3,(H,10,11). The summed E-state index contributed by atoms with van der Waals surface area (Å²) >= 11 is 0. The maximum atomic E-state index is 11.4. The monoisotopic (exact) mass is 239 g/mol. The van der Waals surface area contributed by atoms with Gasteiger partial charge in [-0.25, -0.2) is 13.1 Å². The molecule has 0 bridgehead atoms. The van der Waals surface area contributed by atoms with Gasteiger partial charge in [0.05, 0.1) is 6.61 Å². The lowest BCUT2D eigenvalue weighted by molar-refractivity contribution is -0.136. The Bertz CT molecular complexity index is 300. The van der Waals surface area contributed by atoms with Crippen LogP contribution in [-0.4, -0.2) is 44.0 Å². The Hall–Kier alpha value is -0.660. The van der Waals surface area contributed by atoms with Gasteiger partial charge in [0.15, 0.2) is 5.25 Å². The molecule has 2 atom stereocenters. The summed E-state index contributed by atoms with van der Waals surface area (Å²) in [5.74, 6) is -1.37. The molecule has 0 spiro atoms. The average molecular weight is 239 g/mol. The molecular formula is C8H17NO5S. The Morgan fingerprint density at radius 2 is 2.00 bits per heavy atom. The van der Waals surface area contributed by atoms with Crippen molar-refractivity contribution < 1.29 is 23.1 Å². The molecule has 6 nitrogen and oxygen atoms in total. The highest BCUT2D eigenvalue weighted by atomic mass is 32.2. The zero-order chi connectivity index (χ0) is 12.1. The maximum Gasteiger partial charge on any atom is 0.323 e. The quantitative estimate of drug-likeness (QED) is 0.642. The summed E-state index contributed by atoms with van der Waals surface area (Å²) in [5.41, 5.74) is 0. The molecule has 0 amide bonds. The van der Waals surface area contributed by atoms with Crippen LogP contribution in [0.5, 0.6) is 0 Å². The molecule has 0 aromatic carbocycles. The Morgan fingerprint density at radius 3 is 2.40 bits per heavy atom. The van der Waals surface area contributed by atoms with Crippen molar-refractivity contribution in [1.29, 1.82) is 0 Å². The van der Waals surface area contributed by atoms with Crippen molar-refractivity contribution in [3.8, 4) is 0 Å². The summed E-state index contributed by atoms with van der Waals surface area (Å²) in [6.07, 6.45) is 0. The van der Waals surface area contributed by atoms with Crippen LogP contribution in [0.25, 0.3) is 0 Å². The van der Waals surface area contributed by atoms with E-state index in [0.717, 1.165) is 6.92 Å². The first-order valence-electron chi connectivity index (χ1n) is 4.63. The number of carbonyl (C=O) groups is 1. The molecule has 2 N–H and O–H groups in total. The summed E-state index contributed by atoms with van der Waals surface area (Å²) in [6.45, 7) is 5.24. The normalized spacial score (nSPS) is 15.9. The van der Waals surface area contributed by atoms with E-state index in [1.807, 2.05) is 0 Å². The molecule has 0 fully saturated rings. The van der Waals surface area contributed by atoms with Gasteiger partial charge in [0.25, 0.3) is 0 Å². The minimum Gasteiger partial charge on any atom is -0.480 e. The Morgan fingerprint density at radius 1 is 1.47 bits per heavy atom. The summed E-state index contributed by atoms with van der Waals surface area (Å²) in [5, 5.41) is 7.10. The number of carboxylic acids is 1. The molecular weight excluding hydrogens is 222 g/mol. The Kier molecular flexibility index (Phi) is 5.77. The van der Waals surface area contributed by atoms with E-state index in [2.05, 4.69) is 4.72 Å². The third-order valence-electron chi connectivity index (χ3n) is 1.75. The molecule has 0 heterocycles. The summed E-state index contributed by atoms with van der Waals surface area (Å²) in [7, 11) is -3.82. The van der Waals surface area contributed by atoms with E-state index in [-0.39, 0.29) is 6.61 Å². The van der Waals surface area contributed by atoms with Gasteiger partial charge in [-0.05, 0) is 20.8 Å². The molecule has 2 unspecified atom stereocenters. The maximum absolute atomic E-state index is 11.4. The number of sulfonamides is 1. The number of hydrogen-bond acceptors (Lipinski definition) is 4. The van der Waals surface area contributed by atoms with Crippen LogP contribution < -0.4 is 4.72 Å². The van der Waals surface area contributed by atoms with Gasteiger partial charge in [-0.3, -0.25) is 4.79 Å². The largest absolute Gasteiger partial charge is 0.480 e. The van der Waals surface area contributed by atoms with Gasteiger partial charge in [-0.1, -0.05) is 0 Å². The Labute approximate surface area is 89.7 Å². The zero-order valence-electron chi connectivity index (χ0n) is 9.06. The molecule has 0 rings (SSSR count). The third-order valence-corrected chi connectivity index (χ3v) is 3.61. The summed E-state index contributed by atoms with van der Waals surface area (Å²) in [4.78, 5) is 10.5. The predicted octanol–water partition coefficient (Wildman–Crippen LogP) is -0.196. The second-order valence-corrected chi connectivity index (χ2v) is 5.24. The van der Waals surface area contributed by atoms with Gasteiger partial charge in [0.1, 0.15) is 0 Å². The van der Waals surface area contributed by atoms with E-state index in [1.165, 1.54) is 0 Å². The molecule has 0 aromatic rings. The molecule has 7 heteroatoms. The van der Waals surface area contributed by atoms with Crippen molar-refractivity contribution in [1.82, 2.24) is 4.72 Å². The van der Waals surface area contributed by atoms with Crippen LogP contribution >= 0.6 is 0 Å². The number of hydrogen-bond donors (Lipinski definition) is 2. The molecule has 90 valence electrons. The minimum absolute atomic E-state index is 0.224. The minimum atomic E-state index is -3.82. The van der Waals surface area contributed by atoms with Crippen molar-refractivity contribution in [2.45, 2.75) is 32.1 Å². The highest BCUT2D eigenvalue weighted by molar-refractivity contribution is 7.90. The molecule has 0 aromatic heterocycles. The van der Waals surface area contributed by atoms with Gasteiger partial charge in [0, 0.05) is 12.6 Å². The number of carboxylic acid groups (broad SMARTS) is 1.